The third kappa shape index (κ3) is 1.59. The second-order valence-electron chi connectivity index (χ2n) is 2.88. The van der Waals surface area contributed by atoms with Crippen LogP contribution in [0.1, 0.15) is 12.8 Å². The van der Waals surface area contributed by atoms with Gasteiger partial charge in [-0.15, -0.1) is 0 Å². The van der Waals surface area contributed by atoms with Crippen LogP contribution in [0.15, 0.2) is 46.5 Å². The molecular formula is C10H10N2O. The van der Waals surface area contributed by atoms with Crippen LogP contribution in [0.5, 0.6) is 0 Å². The number of hydrogen-bond donors (Lipinski definition) is 0. The molecule has 1 aromatic rings. The summed E-state index contributed by atoms with van der Waals surface area (Å²) in [4.78, 5) is 15.5. The molecule has 0 amide bonds. The number of allylic oxidation sites excluding steroid dienone is 1. The van der Waals surface area contributed by atoms with Crippen LogP contribution >= 0.6 is 0 Å². The van der Waals surface area contributed by atoms with Crippen molar-refractivity contribution in [2.24, 2.45) is 4.99 Å². The molecule has 0 N–H and O–H groups in total. The van der Waals surface area contributed by atoms with E-state index in [9.17, 15) is 4.79 Å². The Kier molecular flexibility index (Phi) is 2.08. The van der Waals surface area contributed by atoms with Crippen molar-refractivity contribution in [3.8, 4) is 0 Å². The largest absolute Gasteiger partial charge is 0.272 e. The molecule has 1 aliphatic rings. The predicted molar refractivity (Wildman–Crippen MR) is 51.9 cm³/mol. The maximum absolute atomic E-state index is 11.4. The van der Waals surface area contributed by atoms with Crippen molar-refractivity contribution < 1.29 is 0 Å². The molecule has 3 nitrogen and oxygen atoms in total. The number of aliphatic imine (C=N–C) groups is 1. The van der Waals surface area contributed by atoms with Crippen molar-refractivity contribution in [2.45, 2.75) is 12.8 Å². The van der Waals surface area contributed by atoms with Gasteiger partial charge < -0.3 is 0 Å². The first-order chi connectivity index (χ1) is 6.38. The third-order valence-corrected chi connectivity index (χ3v) is 1.96. The van der Waals surface area contributed by atoms with Crippen molar-refractivity contribution in [3.05, 3.63) is 47.0 Å². The van der Waals surface area contributed by atoms with E-state index in [1.54, 1.807) is 29.1 Å². The lowest BCUT2D eigenvalue weighted by Crippen LogP contribution is -2.25. The van der Waals surface area contributed by atoms with E-state index in [1.807, 2.05) is 12.1 Å². The molecule has 0 atom stereocenters. The van der Waals surface area contributed by atoms with Gasteiger partial charge in [0.15, 0.2) is 0 Å². The van der Waals surface area contributed by atoms with Gasteiger partial charge in [-0.25, -0.2) is 4.99 Å². The highest BCUT2D eigenvalue weighted by Gasteiger charge is 2.04. The van der Waals surface area contributed by atoms with Crippen LogP contribution in [-0.2, 0) is 0 Å². The van der Waals surface area contributed by atoms with E-state index < -0.39 is 0 Å². The average Bonchev–Trinajstić information content (AvgIpc) is 2.20. The van der Waals surface area contributed by atoms with Crippen molar-refractivity contribution in [2.75, 3.05) is 0 Å². The molecule has 3 heteroatoms. The zero-order chi connectivity index (χ0) is 9.10. The molecule has 1 aromatic heterocycles. The quantitative estimate of drug-likeness (QED) is 0.585. The highest BCUT2D eigenvalue weighted by Crippen LogP contribution is 2.03. The Morgan fingerprint density at radius 1 is 1.38 bits per heavy atom. The fourth-order valence-electron chi connectivity index (χ4n) is 1.31. The standard InChI is InChI=1S/C10H10N2O/c13-10-6-2-4-8-12(10)9-5-1-3-7-11-9/h2-4,6-8H,1,5H2. The monoisotopic (exact) mass is 174 g/mol. The van der Waals surface area contributed by atoms with E-state index in [-0.39, 0.29) is 5.56 Å². The maximum Gasteiger partial charge on any atom is 0.255 e. The second-order valence-corrected chi connectivity index (χ2v) is 2.88. The van der Waals surface area contributed by atoms with E-state index in [0.717, 1.165) is 18.7 Å². The summed E-state index contributed by atoms with van der Waals surface area (Å²) in [7, 11) is 0. The molecular weight excluding hydrogens is 164 g/mol. The Bertz CT molecular complexity index is 415. The fraction of sp³-hybridized carbons (Fsp3) is 0.200. The topological polar surface area (TPSA) is 34.4 Å². The first-order valence-corrected chi connectivity index (χ1v) is 4.28. The minimum atomic E-state index is -0.0171. The smallest absolute Gasteiger partial charge is 0.255 e. The van der Waals surface area contributed by atoms with E-state index in [0.29, 0.717) is 0 Å². The van der Waals surface area contributed by atoms with Gasteiger partial charge in [0.2, 0.25) is 0 Å². The summed E-state index contributed by atoms with van der Waals surface area (Å²) in [5.74, 6) is 0.827. The average molecular weight is 174 g/mol. The van der Waals surface area contributed by atoms with Crippen LogP contribution in [0.3, 0.4) is 0 Å². The van der Waals surface area contributed by atoms with Gasteiger partial charge in [0.1, 0.15) is 5.84 Å². The fourth-order valence-corrected chi connectivity index (χ4v) is 1.31. The normalized spacial score (nSPS) is 15.5. The summed E-state index contributed by atoms with van der Waals surface area (Å²) >= 11 is 0. The molecule has 0 saturated carbocycles. The van der Waals surface area contributed by atoms with Gasteiger partial charge >= 0.3 is 0 Å². The van der Waals surface area contributed by atoms with Crippen LogP contribution in [0.2, 0.25) is 0 Å². The highest BCUT2D eigenvalue weighted by molar-refractivity contribution is 5.85. The molecule has 2 heterocycles. The molecule has 66 valence electrons. The van der Waals surface area contributed by atoms with Gasteiger partial charge in [0, 0.05) is 24.9 Å². The minimum Gasteiger partial charge on any atom is -0.272 e. The van der Waals surface area contributed by atoms with Gasteiger partial charge in [-0.1, -0.05) is 12.1 Å². The van der Waals surface area contributed by atoms with Crippen molar-refractivity contribution >= 4 is 5.84 Å². The lowest BCUT2D eigenvalue weighted by atomic mass is 10.2. The van der Waals surface area contributed by atoms with Gasteiger partial charge in [-0.05, 0) is 12.5 Å². The number of hydrogen-bond acceptors (Lipinski definition) is 2. The molecule has 13 heavy (non-hydrogen) atoms. The van der Waals surface area contributed by atoms with Crippen LogP contribution in [0.4, 0.5) is 0 Å². The van der Waals surface area contributed by atoms with Crippen LogP contribution < -0.4 is 5.56 Å². The molecule has 0 aliphatic carbocycles. The molecule has 0 bridgehead atoms. The van der Waals surface area contributed by atoms with Gasteiger partial charge in [0.05, 0.1) is 0 Å². The van der Waals surface area contributed by atoms with E-state index in [1.165, 1.54) is 0 Å². The van der Waals surface area contributed by atoms with Crippen molar-refractivity contribution in [3.63, 3.8) is 0 Å². The van der Waals surface area contributed by atoms with Gasteiger partial charge in [-0.3, -0.25) is 9.36 Å². The summed E-state index contributed by atoms with van der Waals surface area (Å²) in [6.45, 7) is 0. The van der Waals surface area contributed by atoms with Gasteiger partial charge in [0.25, 0.3) is 5.56 Å². The first-order valence-electron chi connectivity index (χ1n) is 4.28. The lowest BCUT2D eigenvalue weighted by molar-refractivity contribution is 0.941. The van der Waals surface area contributed by atoms with Crippen molar-refractivity contribution in [1.82, 2.24) is 4.57 Å². The van der Waals surface area contributed by atoms with Crippen LogP contribution in [0, 0.1) is 0 Å². The predicted octanol–water partition coefficient (Wildman–Crippen LogP) is 1.40. The molecule has 0 spiro atoms. The Labute approximate surface area is 76.0 Å². The van der Waals surface area contributed by atoms with Crippen LogP contribution in [0.25, 0.3) is 0 Å². The Hall–Kier alpha value is -1.64. The van der Waals surface area contributed by atoms with E-state index in [4.69, 9.17) is 0 Å². The summed E-state index contributed by atoms with van der Waals surface area (Å²) in [5, 5.41) is 0. The number of aromatic nitrogens is 1. The van der Waals surface area contributed by atoms with E-state index >= 15 is 0 Å². The zero-order valence-electron chi connectivity index (χ0n) is 7.18. The SMILES string of the molecule is O=c1ccccn1C1=NC=CCC1. The first kappa shape index (κ1) is 7.98. The molecule has 0 saturated heterocycles. The summed E-state index contributed by atoms with van der Waals surface area (Å²) in [6, 6.07) is 5.11. The number of nitrogens with zero attached hydrogens (tertiary/aromatic N) is 2. The van der Waals surface area contributed by atoms with Crippen molar-refractivity contribution in [1.29, 1.82) is 0 Å². The highest BCUT2D eigenvalue weighted by atomic mass is 16.1. The molecule has 2 rings (SSSR count). The molecule has 0 unspecified atom stereocenters. The summed E-state index contributed by atoms with van der Waals surface area (Å²) < 4.78 is 1.59. The maximum atomic E-state index is 11.4. The summed E-state index contributed by atoms with van der Waals surface area (Å²) in [6.07, 6.45) is 7.29. The van der Waals surface area contributed by atoms with Crippen LogP contribution in [-0.4, -0.2) is 10.4 Å². The van der Waals surface area contributed by atoms with Gasteiger partial charge in [-0.2, -0.15) is 0 Å². The number of rotatable bonds is 0. The Morgan fingerprint density at radius 2 is 2.31 bits per heavy atom. The Balaban J connectivity index is 2.46. The lowest BCUT2D eigenvalue weighted by Gasteiger charge is -2.09. The third-order valence-electron chi connectivity index (χ3n) is 1.96. The summed E-state index contributed by atoms with van der Waals surface area (Å²) in [5.41, 5.74) is -0.0171. The second kappa shape index (κ2) is 3.39. The Morgan fingerprint density at radius 3 is 3.00 bits per heavy atom. The molecule has 0 radical (unpaired) electrons. The molecule has 1 aliphatic heterocycles. The minimum absolute atomic E-state index is 0.0171. The van der Waals surface area contributed by atoms with E-state index in [2.05, 4.69) is 4.99 Å². The molecule has 0 fully saturated rings. The zero-order valence-corrected chi connectivity index (χ0v) is 7.18. The number of pyridine rings is 1. The molecule has 0 aromatic carbocycles.